The molecule has 1 rings (SSSR count). The number of unbranched alkanes of at least 4 members (excludes halogenated alkanes) is 1. The molecule has 2 atom stereocenters. The summed E-state index contributed by atoms with van der Waals surface area (Å²) in [5.74, 6) is -0.202. The lowest BCUT2D eigenvalue weighted by atomic mass is 10.1. The van der Waals surface area contributed by atoms with Gasteiger partial charge < -0.3 is 16.2 Å². The number of carbonyl (C=O) groups is 1. The van der Waals surface area contributed by atoms with Crippen LogP contribution in [-0.2, 0) is 4.79 Å². The third-order valence-corrected chi connectivity index (χ3v) is 2.91. The molecule has 4 heteroatoms. The van der Waals surface area contributed by atoms with E-state index in [1.165, 1.54) is 0 Å². The minimum Gasteiger partial charge on any atom is -0.394 e. The van der Waals surface area contributed by atoms with Gasteiger partial charge in [-0.1, -0.05) is 50.1 Å². The van der Waals surface area contributed by atoms with Crippen molar-refractivity contribution in [3.05, 3.63) is 35.9 Å². The van der Waals surface area contributed by atoms with Crippen molar-refractivity contribution in [3.8, 4) is 0 Å². The highest BCUT2D eigenvalue weighted by atomic mass is 16.3. The molecule has 1 aromatic rings. The number of nitrogens with two attached hydrogens (primary N) is 1. The van der Waals surface area contributed by atoms with Crippen LogP contribution in [0.1, 0.15) is 37.8 Å². The number of aliphatic hydroxyl groups excluding tert-OH is 1. The second-order valence-corrected chi connectivity index (χ2v) is 4.40. The molecule has 0 heterocycles. The van der Waals surface area contributed by atoms with E-state index in [4.69, 9.17) is 5.73 Å². The normalized spacial score (nSPS) is 13.9. The van der Waals surface area contributed by atoms with Gasteiger partial charge in [0.2, 0.25) is 5.91 Å². The van der Waals surface area contributed by atoms with Crippen molar-refractivity contribution >= 4 is 5.91 Å². The van der Waals surface area contributed by atoms with Crippen molar-refractivity contribution in [1.29, 1.82) is 0 Å². The van der Waals surface area contributed by atoms with Gasteiger partial charge in [0.15, 0.2) is 0 Å². The van der Waals surface area contributed by atoms with E-state index in [0.29, 0.717) is 6.42 Å². The van der Waals surface area contributed by atoms with Gasteiger partial charge in [-0.25, -0.2) is 0 Å². The lowest BCUT2D eigenvalue weighted by Crippen LogP contribution is -2.43. The number of carbonyl (C=O) groups excluding carboxylic acids is 1. The predicted molar refractivity (Wildman–Crippen MR) is 71.9 cm³/mol. The molecule has 1 amide bonds. The molecule has 1 aromatic carbocycles. The van der Waals surface area contributed by atoms with Gasteiger partial charge in [-0.15, -0.1) is 0 Å². The van der Waals surface area contributed by atoms with Crippen molar-refractivity contribution in [2.75, 3.05) is 6.61 Å². The highest BCUT2D eigenvalue weighted by molar-refractivity contribution is 5.81. The molecule has 0 radical (unpaired) electrons. The maximum Gasteiger partial charge on any atom is 0.237 e. The monoisotopic (exact) mass is 250 g/mol. The molecule has 100 valence electrons. The third-order valence-electron chi connectivity index (χ3n) is 2.91. The first kappa shape index (κ1) is 14.7. The van der Waals surface area contributed by atoms with E-state index in [0.717, 1.165) is 18.4 Å². The zero-order valence-corrected chi connectivity index (χ0v) is 10.8. The Balaban J connectivity index is 2.56. The fraction of sp³-hybridized carbons (Fsp3) is 0.500. The van der Waals surface area contributed by atoms with E-state index < -0.39 is 6.04 Å². The minimum atomic E-state index is -0.497. The second kappa shape index (κ2) is 7.84. The zero-order valence-electron chi connectivity index (χ0n) is 10.8. The Morgan fingerprint density at radius 1 is 1.39 bits per heavy atom. The number of benzene rings is 1. The average Bonchev–Trinajstić information content (AvgIpc) is 2.42. The van der Waals surface area contributed by atoms with Crippen LogP contribution in [0, 0.1) is 0 Å². The number of amides is 1. The molecule has 0 fully saturated rings. The Morgan fingerprint density at radius 2 is 2.06 bits per heavy atom. The van der Waals surface area contributed by atoms with Crippen molar-refractivity contribution in [2.24, 2.45) is 5.73 Å². The Bertz CT molecular complexity index is 354. The molecule has 0 saturated carbocycles. The Hall–Kier alpha value is -1.39. The molecule has 4 nitrogen and oxygen atoms in total. The number of hydrogen-bond donors (Lipinski definition) is 3. The van der Waals surface area contributed by atoms with Gasteiger partial charge in [-0.05, 0) is 12.0 Å². The van der Waals surface area contributed by atoms with Crippen LogP contribution in [0.3, 0.4) is 0 Å². The summed E-state index contributed by atoms with van der Waals surface area (Å²) in [6.45, 7) is 1.93. The Kier molecular flexibility index (Phi) is 6.39. The Morgan fingerprint density at radius 3 is 2.61 bits per heavy atom. The summed E-state index contributed by atoms with van der Waals surface area (Å²) in [4.78, 5) is 11.8. The van der Waals surface area contributed by atoms with Crippen LogP contribution in [0.4, 0.5) is 0 Å². The maximum absolute atomic E-state index is 11.8. The first-order valence-corrected chi connectivity index (χ1v) is 6.40. The summed E-state index contributed by atoms with van der Waals surface area (Å²) in [6.07, 6.45) is 2.63. The van der Waals surface area contributed by atoms with Crippen LogP contribution < -0.4 is 11.1 Å². The van der Waals surface area contributed by atoms with E-state index in [9.17, 15) is 9.90 Å². The summed E-state index contributed by atoms with van der Waals surface area (Å²) >= 11 is 0. The largest absolute Gasteiger partial charge is 0.394 e. The molecule has 0 aromatic heterocycles. The van der Waals surface area contributed by atoms with E-state index in [2.05, 4.69) is 12.2 Å². The van der Waals surface area contributed by atoms with Gasteiger partial charge in [0.1, 0.15) is 0 Å². The smallest absolute Gasteiger partial charge is 0.237 e. The summed E-state index contributed by atoms with van der Waals surface area (Å²) < 4.78 is 0. The Labute approximate surface area is 108 Å². The van der Waals surface area contributed by atoms with Gasteiger partial charge in [0.05, 0.1) is 18.7 Å². The van der Waals surface area contributed by atoms with E-state index in [1.807, 2.05) is 30.3 Å². The van der Waals surface area contributed by atoms with Crippen LogP contribution in [0.25, 0.3) is 0 Å². The first-order chi connectivity index (χ1) is 8.69. The SMILES string of the molecule is CCCCC(N)C(=O)N[C@H](CO)c1ccccc1. The molecule has 4 N–H and O–H groups in total. The molecule has 0 aliphatic carbocycles. The number of hydrogen-bond acceptors (Lipinski definition) is 3. The molecule has 0 saturated heterocycles. The van der Waals surface area contributed by atoms with Crippen LogP contribution in [0.5, 0.6) is 0 Å². The summed E-state index contributed by atoms with van der Waals surface area (Å²) in [6, 6.07) is 8.51. The van der Waals surface area contributed by atoms with Crippen molar-refractivity contribution in [2.45, 2.75) is 38.3 Å². The maximum atomic E-state index is 11.8. The molecule has 18 heavy (non-hydrogen) atoms. The molecule has 0 bridgehead atoms. The van der Waals surface area contributed by atoms with Gasteiger partial charge in [-0.3, -0.25) is 4.79 Å². The number of aliphatic hydroxyl groups is 1. The summed E-state index contributed by atoms with van der Waals surface area (Å²) in [5.41, 5.74) is 6.68. The molecular weight excluding hydrogens is 228 g/mol. The highest BCUT2D eigenvalue weighted by Gasteiger charge is 2.18. The van der Waals surface area contributed by atoms with Gasteiger partial charge in [0.25, 0.3) is 0 Å². The molecule has 0 aliphatic rings. The lowest BCUT2D eigenvalue weighted by Gasteiger charge is -2.19. The van der Waals surface area contributed by atoms with Crippen molar-refractivity contribution in [1.82, 2.24) is 5.32 Å². The fourth-order valence-electron chi connectivity index (χ4n) is 1.75. The van der Waals surface area contributed by atoms with Crippen molar-refractivity contribution in [3.63, 3.8) is 0 Å². The molecular formula is C14H22N2O2. The molecule has 1 unspecified atom stereocenters. The number of rotatable bonds is 7. The van der Waals surface area contributed by atoms with Gasteiger partial charge in [0, 0.05) is 0 Å². The third kappa shape index (κ3) is 4.47. The standard InChI is InChI=1S/C14H22N2O2/c1-2-3-9-12(15)14(18)16-13(10-17)11-7-5-4-6-8-11/h4-8,12-13,17H,2-3,9-10,15H2,1H3,(H,16,18)/t12?,13-/m1/s1. The van der Waals surface area contributed by atoms with Crippen LogP contribution in [0.15, 0.2) is 30.3 Å². The predicted octanol–water partition coefficient (Wildman–Crippen LogP) is 1.35. The molecule has 0 aliphatic heterocycles. The topological polar surface area (TPSA) is 75.4 Å². The summed E-state index contributed by atoms with van der Waals surface area (Å²) in [5, 5.41) is 12.1. The number of nitrogens with one attached hydrogen (secondary N) is 1. The van der Waals surface area contributed by atoms with Crippen LogP contribution >= 0.6 is 0 Å². The summed E-state index contributed by atoms with van der Waals surface area (Å²) in [7, 11) is 0. The van der Waals surface area contributed by atoms with E-state index in [1.54, 1.807) is 0 Å². The average molecular weight is 250 g/mol. The van der Waals surface area contributed by atoms with Gasteiger partial charge in [-0.2, -0.15) is 0 Å². The van der Waals surface area contributed by atoms with Crippen LogP contribution in [-0.4, -0.2) is 23.7 Å². The van der Waals surface area contributed by atoms with Crippen LogP contribution in [0.2, 0.25) is 0 Å². The quantitative estimate of drug-likeness (QED) is 0.684. The van der Waals surface area contributed by atoms with Gasteiger partial charge >= 0.3 is 0 Å². The first-order valence-electron chi connectivity index (χ1n) is 6.40. The second-order valence-electron chi connectivity index (χ2n) is 4.40. The highest BCUT2D eigenvalue weighted by Crippen LogP contribution is 2.12. The fourth-order valence-corrected chi connectivity index (χ4v) is 1.75. The zero-order chi connectivity index (χ0) is 13.4. The molecule has 0 spiro atoms. The van der Waals surface area contributed by atoms with Crippen molar-refractivity contribution < 1.29 is 9.90 Å². The van der Waals surface area contributed by atoms with E-state index >= 15 is 0 Å². The minimum absolute atomic E-state index is 0.129. The van der Waals surface area contributed by atoms with E-state index in [-0.39, 0.29) is 18.6 Å². The lowest BCUT2D eigenvalue weighted by molar-refractivity contribution is -0.123.